The van der Waals surface area contributed by atoms with Gasteiger partial charge in [0.25, 0.3) is 5.91 Å². The van der Waals surface area contributed by atoms with E-state index < -0.39 is 0 Å². The van der Waals surface area contributed by atoms with Gasteiger partial charge >= 0.3 is 0 Å². The van der Waals surface area contributed by atoms with E-state index in [2.05, 4.69) is 12.2 Å². The van der Waals surface area contributed by atoms with Crippen molar-refractivity contribution in [2.75, 3.05) is 20.1 Å². The van der Waals surface area contributed by atoms with Crippen molar-refractivity contribution in [3.63, 3.8) is 0 Å². The van der Waals surface area contributed by atoms with Crippen molar-refractivity contribution in [1.82, 2.24) is 10.2 Å². The third-order valence-electron chi connectivity index (χ3n) is 4.19. The van der Waals surface area contributed by atoms with Crippen LogP contribution in [0.1, 0.15) is 43.5 Å². The molecule has 1 aromatic carbocycles. The van der Waals surface area contributed by atoms with Gasteiger partial charge in [0.15, 0.2) is 0 Å². The Morgan fingerprint density at radius 3 is 2.45 bits per heavy atom. The second-order valence-corrected chi connectivity index (χ2v) is 5.76. The van der Waals surface area contributed by atoms with E-state index in [9.17, 15) is 4.79 Å². The van der Waals surface area contributed by atoms with E-state index in [1.807, 2.05) is 43.1 Å². The van der Waals surface area contributed by atoms with Gasteiger partial charge in [0.05, 0.1) is 6.10 Å². The maximum Gasteiger partial charge on any atom is 0.253 e. The second kappa shape index (κ2) is 9.01. The van der Waals surface area contributed by atoms with Gasteiger partial charge in [0, 0.05) is 18.7 Å². The Morgan fingerprint density at radius 2 is 1.91 bits per heavy atom. The lowest BCUT2D eigenvalue weighted by Gasteiger charge is -2.31. The van der Waals surface area contributed by atoms with E-state index in [4.69, 9.17) is 4.74 Å². The molecule has 1 aliphatic heterocycles. The molecule has 5 heteroatoms. The van der Waals surface area contributed by atoms with Crippen LogP contribution >= 0.6 is 12.4 Å². The van der Waals surface area contributed by atoms with Crippen LogP contribution in [0.3, 0.4) is 0 Å². The average Bonchev–Trinajstić information content (AvgIpc) is 2.55. The number of amides is 1. The van der Waals surface area contributed by atoms with Crippen LogP contribution in [0.15, 0.2) is 24.3 Å². The molecule has 1 heterocycles. The molecule has 1 N–H and O–H groups in total. The standard InChI is InChI=1S/C17H26N2O2.ClH/c1-4-13(2)21-16-7-5-14(6-8-16)17(20)19(3)15-9-11-18-12-10-15;/h5-8,13,15,18H,4,9-12H2,1-3H3;1H. The molecule has 0 radical (unpaired) electrons. The summed E-state index contributed by atoms with van der Waals surface area (Å²) in [5.41, 5.74) is 0.729. The summed E-state index contributed by atoms with van der Waals surface area (Å²) in [6, 6.07) is 7.83. The third-order valence-corrected chi connectivity index (χ3v) is 4.19. The molecule has 1 saturated heterocycles. The molecular weight excluding hydrogens is 300 g/mol. The van der Waals surface area contributed by atoms with Crippen molar-refractivity contribution >= 4 is 18.3 Å². The first-order chi connectivity index (χ1) is 10.1. The maximum atomic E-state index is 12.5. The van der Waals surface area contributed by atoms with Crippen LogP contribution in [-0.2, 0) is 0 Å². The molecule has 4 nitrogen and oxygen atoms in total. The summed E-state index contributed by atoms with van der Waals surface area (Å²) >= 11 is 0. The van der Waals surface area contributed by atoms with Crippen LogP contribution in [0.4, 0.5) is 0 Å². The minimum atomic E-state index is 0. The van der Waals surface area contributed by atoms with Gasteiger partial charge < -0.3 is 15.0 Å². The summed E-state index contributed by atoms with van der Waals surface area (Å²) in [7, 11) is 1.90. The third kappa shape index (κ3) is 4.89. The lowest BCUT2D eigenvalue weighted by molar-refractivity contribution is 0.0703. The number of nitrogens with one attached hydrogen (secondary N) is 1. The highest BCUT2D eigenvalue weighted by Gasteiger charge is 2.22. The van der Waals surface area contributed by atoms with Gasteiger partial charge in [-0.05, 0) is 63.5 Å². The number of carbonyl (C=O) groups is 1. The summed E-state index contributed by atoms with van der Waals surface area (Å²) in [5, 5.41) is 3.32. The predicted molar refractivity (Wildman–Crippen MR) is 92.1 cm³/mol. The lowest BCUT2D eigenvalue weighted by atomic mass is 10.0. The number of carbonyl (C=O) groups excluding carboxylic acids is 1. The Kier molecular flexibility index (Phi) is 7.69. The van der Waals surface area contributed by atoms with Crippen molar-refractivity contribution in [2.45, 2.75) is 45.3 Å². The fourth-order valence-corrected chi connectivity index (χ4v) is 2.56. The summed E-state index contributed by atoms with van der Waals surface area (Å²) in [4.78, 5) is 14.4. The highest BCUT2D eigenvalue weighted by molar-refractivity contribution is 5.94. The predicted octanol–water partition coefficient (Wildman–Crippen LogP) is 3.11. The fourth-order valence-electron chi connectivity index (χ4n) is 2.56. The van der Waals surface area contributed by atoms with Gasteiger partial charge in [-0.2, -0.15) is 0 Å². The first kappa shape index (κ1) is 18.8. The zero-order valence-electron chi connectivity index (χ0n) is 13.7. The molecule has 1 fully saturated rings. The smallest absolute Gasteiger partial charge is 0.253 e. The van der Waals surface area contributed by atoms with Gasteiger partial charge in [0.1, 0.15) is 5.75 Å². The van der Waals surface area contributed by atoms with Crippen LogP contribution in [0, 0.1) is 0 Å². The second-order valence-electron chi connectivity index (χ2n) is 5.76. The minimum Gasteiger partial charge on any atom is -0.491 e. The zero-order chi connectivity index (χ0) is 15.2. The first-order valence-electron chi connectivity index (χ1n) is 7.86. The van der Waals surface area contributed by atoms with Crippen molar-refractivity contribution in [3.8, 4) is 5.75 Å². The highest BCUT2D eigenvalue weighted by atomic mass is 35.5. The molecule has 0 bridgehead atoms. The molecule has 1 aromatic rings. The Morgan fingerprint density at radius 1 is 1.32 bits per heavy atom. The van der Waals surface area contributed by atoms with E-state index in [1.165, 1.54) is 0 Å². The molecule has 124 valence electrons. The normalized spacial score (nSPS) is 16.5. The van der Waals surface area contributed by atoms with E-state index in [1.54, 1.807) is 0 Å². The number of piperidine rings is 1. The molecule has 1 amide bonds. The van der Waals surface area contributed by atoms with Crippen LogP contribution in [-0.4, -0.2) is 43.1 Å². The molecule has 0 spiro atoms. The van der Waals surface area contributed by atoms with Crippen molar-refractivity contribution in [1.29, 1.82) is 0 Å². The summed E-state index contributed by atoms with van der Waals surface area (Å²) in [6.45, 7) is 6.12. The topological polar surface area (TPSA) is 41.6 Å². The highest BCUT2D eigenvalue weighted by Crippen LogP contribution is 2.18. The molecule has 0 aromatic heterocycles. The quantitative estimate of drug-likeness (QED) is 0.904. The molecule has 1 atom stereocenters. The van der Waals surface area contributed by atoms with Gasteiger partial charge in [-0.25, -0.2) is 0 Å². The Bertz CT molecular complexity index is 458. The van der Waals surface area contributed by atoms with E-state index in [0.717, 1.165) is 43.7 Å². The van der Waals surface area contributed by atoms with Crippen molar-refractivity contribution in [2.24, 2.45) is 0 Å². The SMILES string of the molecule is CCC(C)Oc1ccc(C(=O)N(C)C2CCNCC2)cc1.Cl. The number of hydrogen-bond acceptors (Lipinski definition) is 3. The van der Waals surface area contributed by atoms with Gasteiger partial charge in [-0.15, -0.1) is 12.4 Å². The summed E-state index contributed by atoms with van der Waals surface area (Å²) in [6.07, 6.45) is 3.22. The largest absolute Gasteiger partial charge is 0.491 e. The molecule has 0 aliphatic carbocycles. The van der Waals surface area contributed by atoms with Gasteiger partial charge in [-0.3, -0.25) is 4.79 Å². The van der Waals surface area contributed by atoms with E-state index in [-0.39, 0.29) is 24.4 Å². The summed E-state index contributed by atoms with van der Waals surface area (Å²) in [5.74, 6) is 0.919. The number of hydrogen-bond donors (Lipinski definition) is 1. The van der Waals surface area contributed by atoms with E-state index >= 15 is 0 Å². The van der Waals surface area contributed by atoms with Crippen LogP contribution in [0.2, 0.25) is 0 Å². The Balaban J connectivity index is 0.00000242. The summed E-state index contributed by atoms with van der Waals surface area (Å²) < 4.78 is 5.74. The molecular formula is C17H27ClN2O2. The number of halogens is 1. The van der Waals surface area contributed by atoms with Crippen molar-refractivity contribution < 1.29 is 9.53 Å². The van der Waals surface area contributed by atoms with Gasteiger partial charge in [0.2, 0.25) is 0 Å². The maximum absolute atomic E-state index is 12.5. The number of ether oxygens (including phenoxy) is 1. The molecule has 0 saturated carbocycles. The molecule has 1 aliphatic rings. The van der Waals surface area contributed by atoms with Crippen LogP contribution < -0.4 is 10.1 Å². The number of nitrogens with zero attached hydrogens (tertiary/aromatic N) is 1. The van der Waals surface area contributed by atoms with Crippen LogP contribution in [0.25, 0.3) is 0 Å². The zero-order valence-corrected chi connectivity index (χ0v) is 14.5. The number of rotatable bonds is 5. The first-order valence-corrected chi connectivity index (χ1v) is 7.86. The molecule has 2 rings (SSSR count). The van der Waals surface area contributed by atoms with Crippen LogP contribution in [0.5, 0.6) is 5.75 Å². The Labute approximate surface area is 139 Å². The number of benzene rings is 1. The molecule has 22 heavy (non-hydrogen) atoms. The van der Waals surface area contributed by atoms with E-state index in [0.29, 0.717) is 6.04 Å². The van der Waals surface area contributed by atoms with Crippen molar-refractivity contribution in [3.05, 3.63) is 29.8 Å². The minimum absolute atomic E-state index is 0. The lowest BCUT2D eigenvalue weighted by Crippen LogP contribution is -2.43. The monoisotopic (exact) mass is 326 g/mol. The average molecular weight is 327 g/mol. The van der Waals surface area contributed by atoms with Gasteiger partial charge in [-0.1, -0.05) is 6.92 Å². The Hall–Kier alpha value is -1.26. The fraction of sp³-hybridized carbons (Fsp3) is 0.588. The molecule has 1 unspecified atom stereocenters.